The predicted octanol–water partition coefficient (Wildman–Crippen LogP) is -0.569. The van der Waals surface area contributed by atoms with Gasteiger partial charge in [-0.25, -0.2) is 0 Å². The van der Waals surface area contributed by atoms with Crippen LogP contribution < -0.4 is 5.73 Å². The number of primary amides is 1. The normalized spacial score (nSPS) is 20.8. The van der Waals surface area contributed by atoms with Crippen molar-refractivity contribution >= 4 is 12.2 Å². The van der Waals surface area contributed by atoms with E-state index in [-0.39, 0.29) is 0 Å². The number of nitrogens with two attached hydrogens (primary N) is 1. The van der Waals surface area contributed by atoms with E-state index in [1.807, 2.05) is 14.1 Å². The van der Waals surface area contributed by atoms with Crippen LogP contribution in [0.15, 0.2) is 16.9 Å². The van der Waals surface area contributed by atoms with Gasteiger partial charge < -0.3 is 5.73 Å². The van der Waals surface area contributed by atoms with Crippen molar-refractivity contribution in [2.75, 3.05) is 14.1 Å². The third kappa shape index (κ3) is 1.22. The van der Waals surface area contributed by atoms with Crippen LogP contribution in [0.3, 0.4) is 0 Å². The molecule has 0 aliphatic carbocycles. The number of carbonyl (C=O) groups excluding carboxylic acids is 1. The lowest BCUT2D eigenvalue weighted by atomic mass is 10.4. The van der Waals surface area contributed by atoms with Crippen molar-refractivity contribution in [3.8, 4) is 0 Å². The van der Waals surface area contributed by atoms with Gasteiger partial charge in [-0.2, -0.15) is 4.99 Å². The topological polar surface area (TPSA) is 55.4 Å². The Hall–Kier alpha value is -1.16. The third-order valence-electron chi connectivity index (χ3n) is 1.20. The Morgan fingerprint density at radius 2 is 2.30 bits per heavy atom. The monoisotopic (exact) mass is 140 g/mol. The Labute approximate surface area is 59.2 Å². The van der Waals surface area contributed by atoms with Crippen molar-refractivity contribution in [1.82, 2.24) is 0 Å². The van der Waals surface area contributed by atoms with E-state index in [9.17, 15) is 4.79 Å². The van der Waals surface area contributed by atoms with Crippen LogP contribution in [-0.2, 0) is 4.79 Å². The van der Waals surface area contributed by atoms with Crippen molar-refractivity contribution in [3.05, 3.63) is 11.9 Å². The minimum Gasteiger partial charge on any atom is -0.364 e. The Morgan fingerprint density at radius 1 is 1.70 bits per heavy atom. The highest BCUT2D eigenvalue weighted by Crippen LogP contribution is 2.09. The lowest BCUT2D eigenvalue weighted by molar-refractivity contribution is -0.732. The van der Waals surface area contributed by atoms with E-state index in [0.717, 1.165) is 0 Å². The third-order valence-corrected chi connectivity index (χ3v) is 1.20. The molecule has 0 spiro atoms. The van der Waals surface area contributed by atoms with Crippen molar-refractivity contribution < 1.29 is 9.28 Å². The van der Waals surface area contributed by atoms with Gasteiger partial charge in [-0.1, -0.05) is 0 Å². The smallest absolute Gasteiger partial charge is 0.273 e. The number of aliphatic imine (C=N–C) groups is 1. The Morgan fingerprint density at radius 3 is 2.50 bits per heavy atom. The first-order chi connectivity index (χ1) is 4.51. The molecule has 0 atom stereocenters. The fourth-order valence-corrected chi connectivity index (χ4v) is 0.720. The highest BCUT2D eigenvalue weighted by atomic mass is 16.1. The fraction of sp³-hybridized carbons (Fsp3) is 0.333. The molecule has 0 bridgehead atoms. The van der Waals surface area contributed by atoms with E-state index in [0.29, 0.717) is 10.2 Å². The molecule has 54 valence electrons. The molecule has 1 aliphatic rings. The van der Waals surface area contributed by atoms with Crippen molar-refractivity contribution in [2.24, 2.45) is 10.7 Å². The number of hydrogen-bond donors (Lipinski definition) is 1. The van der Waals surface area contributed by atoms with Gasteiger partial charge in [0.05, 0.1) is 14.1 Å². The van der Waals surface area contributed by atoms with Gasteiger partial charge in [0.15, 0.2) is 12.0 Å². The summed E-state index contributed by atoms with van der Waals surface area (Å²) >= 11 is 0. The van der Waals surface area contributed by atoms with Gasteiger partial charge in [0.1, 0.15) is 6.20 Å². The number of rotatable bonds is 1. The second-order valence-electron chi connectivity index (χ2n) is 2.75. The minimum atomic E-state index is -0.472. The number of nitrogens with zero attached hydrogens (tertiary/aromatic N) is 2. The molecule has 0 saturated heterocycles. The molecular weight excluding hydrogens is 130 g/mol. The van der Waals surface area contributed by atoms with E-state index in [1.165, 1.54) is 0 Å². The SMILES string of the molecule is C[N+]1(C)C=NC(C(N)=O)=C1. The van der Waals surface area contributed by atoms with Gasteiger partial charge in [0.25, 0.3) is 5.91 Å². The number of amides is 1. The summed E-state index contributed by atoms with van der Waals surface area (Å²) in [5.74, 6) is -0.472. The molecule has 0 unspecified atom stereocenters. The van der Waals surface area contributed by atoms with Crippen LogP contribution in [0.5, 0.6) is 0 Å². The molecule has 0 aromatic carbocycles. The second kappa shape index (κ2) is 1.91. The quantitative estimate of drug-likeness (QED) is 0.487. The van der Waals surface area contributed by atoms with Gasteiger partial charge >= 0.3 is 0 Å². The molecule has 0 radical (unpaired) electrons. The predicted molar refractivity (Wildman–Crippen MR) is 37.9 cm³/mol. The van der Waals surface area contributed by atoms with Crippen LogP contribution in [0, 0.1) is 0 Å². The molecule has 1 aliphatic heterocycles. The summed E-state index contributed by atoms with van der Waals surface area (Å²) < 4.78 is 0.484. The molecule has 1 heterocycles. The average Bonchev–Trinajstić information content (AvgIpc) is 2.10. The lowest BCUT2D eigenvalue weighted by Crippen LogP contribution is -2.28. The van der Waals surface area contributed by atoms with E-state index in [4.69, 9.17) is 5.73 Å². The van der Waals surface area contributed by atoms with Crippen LogP contribution in [0.2, 0.25) is 0 Å². The summed E-state index contributed by atoms with van der Waals surface area (Å²) in [6, 6.07) is 0. The zero-order valence-electron chi connectivity index (χ0n) is 6.03. The second-order valence-corrected chi connectivity index (χ2v) is 2.75. The molecule has 4 nitrogen and oxygen atoms in total. The summed E-state index contributed by atoms with van der Waals surface area (Å²) in [7, 11) is 3.80. The Balaban J connectivity index is 2.88. The molecule has 0 fully saturated rings. The van der Waals surface area contributed by atoms with Gasteiger partial charge in [-0.3, -0.25) is 9.28 Å². The van der Waals surface area contributed by atoms with Crippen LogP contribution in [0.4, 0.5) is 0 Å². The van der Waals surface area contributed by atoms with E-state index >= 15 is 0 Å². The van der Waals surface area contributed by atoms with Crippen molar-refractivity contribution in [3.63, 3.8) is 0 Å². The summed E-state index contributed by atoms with van der Waals surface area (Å²) in [4.78, 5) is 14.3. The lowest BCUT2D eigenvalue weighted by Gasteiger charge is -2.12. The Kier molecular flexibility index (Phi) is 1.33. The molecule has 4 heteroatoms. The molecule has 0 saturated carbocycles. The molecular formula is C6H10N3O+. The van der Waals surface area contributed by atoms with E-state index < -0.39 is 5.91 Å². The number of hydrogen-bond acceptors (Lipinski definition) is 2. The van der Waals surface area contributed by atoms with Crippen LogP contribution in [-0.4, -0.2) is 30.8 Å². The number of quaternary nitrogens is 1. The summed E-state index contributed by atoms with van der Waals surface area (Å²) in [5, 5.41) is 0. The van der Waals surface area contributed by atoms with Crippen LogP contribution in [0.1, 0.15) is 0 Å². The largest absolute Gasteiger partial charge is 0.364 e. The highest BCUT2D eigenvalue weighted by molar-refractivity contribution is 5.93. The van der Waals surface area contributed by atoms with Gasteiger partial charge in [0, 0.05) is 0 Å². The van der Waals surface area contributed by atoms with Crippen molar-refractivity contribution in [1.29, 1.82) is 0 Å². The zero-order valence-corrected chi connectivity index (χ0v) is 6.03. The molecule has 10 heavy (non-hydrogen) atoms. The molecule has 0 aromatic rings. The van der Waals surface area contributed by atoms with E-state index in [2.05, 4.69) is 4.99 Å². The zero-order chi connectivity index (χ0) is 7.78. The Bertz CT molecular complexity index is 227. The summed E-state index contributed by atoms with van der Waals surface area (Å²) in [6.07, 6.45) is 3.35. The average molecular weight is 140 g/mol. The van der Waals surface area contributed by atoms with Gasteiger partial charge in [-0.15, -0.1) is 0 Å². The minimum absolute atomic E-state index is 0.338. The summed E-state index contributed by atoms with van der Waals surface area (Å²) in [5.41, 5.74) is 5.33. The van der Waals surface area contributed by atoms with Gasteiger partial charge in [0.2, 0.25) is 0 Å². The maximum atomic E-state index is 10.5. The molecule has 0 aromatic heterocycles. The van der Waals surface area contributed by atoms with Crippen LogP contribution in [0.25, 0.3) is 0 Å². The van der Waals surface area contributed by atoms with Crippen LogP contribution >= 0.6 is 0 Å². The number of carbonyl (C=O) groups is 1. The molecule has 1 amide bonds. The maximum absolute atomic E-state index is 10.5. The molecule has 1 rings (SSSR count). The summed E-state index contributed by atoms with van der Waals surface area (Å²) in [6.45, 7) is 0. The standard InChI is InChI=1S/C6H9N3O/c1-9(2)3-5(6(7)10)8-4-9/h3-4H,1-2H3,(H-,7,10)/p+1. The van der Waals surface area contributed by atoms with E-state index in [1.54, 1.807) is 12.5 Å². The highest BCUT2D eigenvalue weighted by Gasteiger charge is 2.20. The first-order valence-corrected chi connectivity index (χ1v) is 2.92. The maximum Gasteiger partial charge on any atom is 0.273 e. The van der Waals surface area contributed by atoms with Gasteiger partial charge in [-0.05, 0) is 0 Å². The van der Waals surface area contributed by atoms with Crippen molar-refractivity contribution in [2.45, 2.75) is 0 Å². The first kappa shape index (κ1) is 6.95. The first-order valence-electron chi connectivity index (χ1n) is 2.92. The molecule has 2 N–H and O–H groups in total. The fourth-order valence-electron chi connectivity index (χ4n) is 0.720.